The second kappa shape index (κ2) is 5.29. The van der Waals surface area contributed by atoms with Crippen LogP contribution in [0.1, 0.15) is 30.9 Å². The summed E-state index contributed by atoms with van der Waals surface area (Å²) in [4.78, 5) is 11.8. The molecule has 1 unspecified atom stereocenters. The highest BCUT2D eigenvalue weighted by Crippen LogP contribution is 2.35. The number of carbonyl (C=O) groups is 1. The first-order valence-corrected chi connectivity index (χ1v) is 6.20. The summed E-state index contributed by atoms with van der Waals surface area (Å²) in [6.45, 7) is 7.12. The Hall–Kier alpha value is -1.71. The molecular weight excluding hydrogens is 232 g/mol. The predicted octanol–water partition coefficient (Wildman–Crippen LogP) is 2.43. The van der Waals surface area contributed by atoms with Crippen molar-refractivity contribution in [3.8, 4) is 11.5 Å². The van der Waals surface area contributed by atoms with Gasteiger partial charge in [0.05, 0.1) is 12.5 Å². The first-order valence-electron chi connectivity index (χ1n) is 6.20. The van der Waals surface area contributed by atoms with Gasteiger partial charge in [-0.05, 0) is 44.0 Å². The van der Waals surface area contributed by atoms with E-state index in [9.17, 15) is 4.79 Å². The number of ether oxygens (including phenoxy) is 3. The van der Waals surface area contributed by atoms with E-state index >= 15 is 0 Å². The number of hydrogen-bond donors (Lipinski definition) is 0. The summed E-state index contributed by atoms with van der Waals surface area (Å²) in [7, 11) is 0. The largest absolute Gasteiger partial charge is 0.486 e. The maximum atomic E-state index is 11.8. The van der Waals surface area contributed by atoms with Crippen molar-refractivity contribution in [1.29, 1.82) is 0 Å². The zero-order valence-corrected chi connectivity index (χ0v) is 11.0. The summed E-state index contributed by atoms with van der Waals surface area (Å²) in [6.07, 6.45) is 0. The van der Waals surface area contributed by atoms with E-state index in [2.05, 4.69) is 0 Å². The lowest BCUT2D eigenvalue weighted by Crippen LogP contribution is -2.18. The Morgan fingerprint density at radius 2 is 1.94 bits per heavy atom. The monoisotopic (exact) mass is 250 g/mol. The highest BCUT2D eigenvalue weighted by molar-refractivity contribution is 5.78. The molecule has 0 fully saturated rings. The molecule has 4 heteroatoms. The van der Waals surface area contributed by atoms with Crippen LogP contribution < -0.4 is 9.47 Å². The molecule has 1 aliphatic heterocycles. The number of rotatable bonds is 3. The van der Waals surface area contributed by atoms with Crippen LogP contribution in [-0.4, -0.2) is 25.8 Å². The molecule has 18 heavy (non-hydrogen) atoms. The van der Waals surface area contributed by atoms with Gasteiger partial charge in [-0.3, -0.25) is 4.79 Å². The van der Waals surface area contributed by atoms with Gasteiger partial charge in [-0.2, -0.15) is 0 Å². The summed E-state index contributed by atoms with van der Waals surface area (Å²) < 4.78 is 16.1. The molecule has 1 aromatic carbocycles. The third-order valence-electron chi connectivity index (χ3n) is 3.04. The van der Waals surface area contributed by atoms with Crippen molar-refractivity contribution < 1.29 is 19.0 Å². The van der Waals surface area contributed by atoms with Crippen LogP contribution in [0.4, 0.5) is 0 Å². The maximum Gasteiger partial charge on any atom is 0.313 e. The van der Waals surface area contributed by atoms with Crippen molar-refractivity contribution in [2.45, 2.75) is 26.7 Å². The van der Waals surface area contributed by atoms with E-state index in [4.69, 9.17) is 14.2 Å². The van der Waals surface area contributed by atoms with E-state index in [0.717, 1.165) is 16.9 Å². The molecule has 98 valence electrons. The van der Waals surface area contributed by atoms with Crippen LogP contribution >= 0.6 is 0 Å². The molecule has 0 saturated heterocycles. The standard InChI is InChI=1S/C14H18O4/c1-4-16-14(15)10(3)11-8-13-12(7-9(11)2)17-5-6-18-13/h7-8,10H,4-6H2,1-3H3. The van der Waals surface area contributed by atoms with Gasteiger partial charge in [-0.1, -0.05) is 0 Å². The zero-order valence-electron chi connectivity index (χ0n) is 11.0. The molecule has 1 heterocycles. The molecule has 0 amide bonds. The fraction of sp³-hybridized carbons (Fsp3) is 0.500. The van der Waals surface area contributed by atoms with Gasteiger partial charge < -0.3 is 14.2 Å². The van der Waals surface area contributed by atoms with Gasteiger partial charge in [0.15, 0.2) is 11.5 Å². The van der Waals surface area contributed by atoms with Crippen molar-refractivity contribution in [2.75, 3.05) is 19.8 Å². The van der Waals surface area contributed by atoms with E-state index in [1.807, 2.05) is 26.0 Å². The Balaban J connectivity index is 2.30. The minimum absolute atomic E-state index is 0.211. The third-order valence-corrected chi connectivity index (χ3v) is 3.04. The van der Waals surface area contributed by atoms with Crippen LogP contribution in [0.5, 0.6) is 11.5 Å². The Bertz CT molecular complexity index is 453. The van der Waals surface area contributed by atoms with Crippen molar-refractivity contribution in [3.63, 3.8) is 0 Å². The van der Waals surface area contributed by atoms with Gasteiger partial charge in [-0.25, -0.2) is 0 Å². The fourth-order valence-corrected chi connectivity index (χ4v) is 2.07. The molecule has 1 atom stereocenters. The molecule has 0 N–H and O–H groups in total. The summed E-state index contributed by atoms with van der Waals surface area (Å²) in [5, 5.41) is 0. The van der Waals surface area contributed by atoms with Crippen LogP contribution in [0.2, 0.25) is 0 Å². The molecule has 0 aliphatic carbocycles. The first-order chi connectivity index (χ1) is 8.63. The van der Waals surface area contributed by atoms with E-state index in [1.54, 1.807) is 6.92 Å². The summed E-state index contributed by atoms with van der Waals surface area (Å²) in [5.74, 6) is 0.953. The van der Waals surface area contributed by atoms with Crippen LogP contribution in [0.3, 0.4) is 0 Å². The van der Waals surface area contributed by atoms with E-state index in [-0.39, 0.29) is 11.9 Å². The smallest absolute Gasteiger partial charge is 0.313 e. The van der Waals surface area contributed by atoms with Crippen molar-refractivity contribution in [1.82, 2.24) is 0 Å². The Kier molecular flexibility index (Phi) is 3.75. The van der Waals surface area contributed by atoms with Gasteiger partial charge in [0.1, 0.15) is 13.2 Å². The Labute approximate surface area is 107 Å². The average molecular weight is 250 g/mol. The van der Waals surface area contributed by atoms with Gasteiger partial charge in [0.25, 0.3) is 0 Å². The van der Waals surface area contributed by atoms with Gasteiger partial charge >= 0.3 is 5.97 Å². The first kappa shape index (κ1) is 12.7. The van der Waals surface area contributed by atoms with Crippen molar-refractivity contribution in [3.05, 3.63) is 23.3 Å². The number of esters is 1. The highest BCUT2D eigenvalue weighted by Gasteiger charge is 2.22. The second-order valence-electron chi connectivity index (χ2n) is 4.33. The molecular formula is C14H18O4. The van der Waals surface area contributed by atoms with E-state index < -0.39 is 0 Å². The van der Waals surface area contributed by atoms with E-state index in [1.165, 1.54) is 0 Å². The minimum atomic E-state index is -0.291. The zero-order chi connectivity index (χ0) is 13.1. The molecule has 1 aliphatic rings. The minimum Gasteiger partial charge on any atom is -0.486 e. The van der Waals surface area contributed by atoms with Gasteiger partial charge in [-0.15, -0.1) is 0 Å². The number of aryl methyl sites for hydroxylation is 1. The maximum absolute atomic E-state index is 11.8. The summed E-state index contributed by atoms with van der Waals surface area (Å²) in [6, 6.07) is 3.80. The topological polar surface area (TPSA) is 44.8 Å². The molecule has 2 rings (SSSR count). The third kappa shape index (κ3) is 2.42. The average Bonchev–Trinajstić information content (AvgIpc) is 2.37. The second-order valence-corrected chi connectivity index (χ2v) is 4.33. The molecule has 4 nitrogen and oxygen atoms in total. The lowest BCUT2D eigenvalue weighted by atomic mass is 9.95. The number of carbonyl (C=O) groups excluding carboxylic acids is 1. The Morgan fingerprint density at radius 3 is 2.56 bits per heavy atom. The van der Waals surface area contributed by atoms with Crippen LogP contribution in [0.15, 0.2) is 12.1 Å². The van der Waals surface area contributed by atoms with Crippen LogP contribution in [0, 0.1) is 6.92 Å². The molecule has 0 aromatic heterocycles. The number of fused-ring (bicyclic) bond motifs is 1. The van der Waals surface area contributed by atoms with Crippen molar-refractivity contribution >= 4 is 5.97 Å². The normalized spacial score (nSPS) is 15.1. The molecule has 0 radical (unpaired) electrons. The van der Waals surface area contributed by atoms with Crippen LogP contribution in [0.25, 0.3) is 0 Å². The van der Waals surface area contributed by atoms with Crippen LogP contribution in [-0.2, 0) is 9.53 Å². The van der Waals surface area contributed by atoms with E-state index in [0.29, 0.717) is 25.6 Å². The van der Waals surface area contributed by atoms with Crippen molar-refractivity contribution in [2.24, 2.45) is 0 Å². The summed E-state index contributed by atoms with van der Waals surface area (Å²) in [5.41, 5.74) is 1.94. The molecule has 0 spiro atoms. The van der Waals surface area contributed by atoms with Gasteiger partial charge in [0.2, 0.25) is 0 Å². The highest BCUT2D eigenvalue weighted by atomic mass is 16.6. The lowest BCUT2D eigenvalue weighted by Gasteiger charge is -2.22. The molecule has 0 saturated carbocycles. The van der Waals surface area contributed by atoms with Gasteiger partial charge in [0, 0.05) is 0 Å². The fourth-order valence-electron chi connectivity index (χ4n) is 2.07. The quantitative estimate of drug-likeness (QED) is 0.773. The molecule has 0 bridgehead atoms. The lowest BCUT2D eigenvalue weighted by molar-refractivity contribution is -0.144. The predicted molar refractivity (Wildman–Crippen MR) is 67.2 cm³/mol. The number of benzene rings is 1. The molecule has 1 aromatic rings. The SMILES string of the molecule is CCOC(=O)C(C)c1cc2c(cc1C)OCCO2. The number of hydrogen-bond acceptors (Lipinski definition) is 4. The summed E-state index contributed by atoms with van der Waals surface area (Å²) >= 11 is 0. The Morgan fingerprint density at radius 1 is 1.33 bits per heavy atom.